The van der Waals surface area contributed by atoms with Crippen molar-refractivity contribution in [1.82, 2.24) is 5.32 Å². The molecule has 0 aliphatic rings. The zero-order valence-electron chi connectivity index (χ0n) is 9.21. The Bertz CT molecular complexity index is 388. The van der Waals surface area contributed by atoms with Crippen molar-refractivity contribution in [3.8, 4) is 0 Å². The second-order valence-corrected chi connectivity index (χ2v) is 4.71. The third-order valence-electron chi connectivity index (χ3n) is 1.98. The van der Waals surface area contributed by atoms with Gasteiger partial charge in [0.1, 0.15) is 6.61 Å². The number of amides is 1. The molecule has 0 aliphatic heterocycles. The van der Waals surface area contributed by atoms with E-state index in [9.17, 15) is 4.79 Å². The molecule has 94 valence electrons. The van der Waals surface area contributed by atoms with E-state index in [0.29, 0.717) is 24.7 Å². The van der Waals surface area contributed by atoms with E-state index in [2.05, 4.69) is 21.2 Å². The van der Waals surface area contributed by atoms with Gasteiger partial charge < -0.3 is 15.8 Å². The summed E-state index contributed by atoms with van der Waals surface area (Å²) in [5.41, 5.74) is 6.02. The first-order valence-electron chi connectivity index (χ1n) is 5.10. The molecule has 0 bridgehead atoms. The van der Waals surface area contributed by atoms with Crippen molar-refractivity contribution in [3.63, 3.8) is 0 Å². The summed E-state index contributed by atoms with van der Waals surface area (Å²) in [6.07, 6.45) is 0. The zero-order chi connectivity index (χ0) is 12.7. The van der Waals surface area contributed by atoms with E-state index in [1.54, 1.807) is 0 Å². The fraction of sp³-hybridized carbons (Fsp3) is 0.364. The van der Waals surface area contributed by atoms with Crippen LogP contribution in [0.5, 0.6) is 0 Å². The van der Waals surface area contributed by atoms with Gasteiger partial charge in [0.2, 0.25) is 5.91 Å². The maximum Gasteiger partial charge on any atom is 0.243 e. The van der Waals surface area contributed by atoms with E-state index in [1.807, 2.05) is 18.2 Å². The van der Waals surface area contributed by atoms with E-state index >= 15 is 0 Å². The highest BCUT2D eigenvalue weighted by atomic mass is 79.9. The maximum atomic E-state index is 10.4. The Balaban J connectivity index is 2.18. The van der Waals surface area contributed by atoms with Crippen molar-refractivity contribution >= 4 is 33.4 Å². The molecule has 0 unspecified atom stereocenters. The number of benzene rings is 1. The molecule has 4 nitrogen and oxygen atoms in total. The molecule has 1 aromatic rings. The molecule has 0 spiro atoms. The second kappa shape index (κ2) is 7.66. The number of carbonyl (C=O) groups excluding carboxylic acids is 1. The summed E-state index contributed by atoms with van der Waals surface area (Å²) >= 11 is 9.29. The lowest BCUT2D eigenvalue weighted by Crippen LogP contribution is -2.23. The molecule has 1 aromatic carbocycles. The van der Waals surface area contributed by atoms with Crippen molar-refractivity contribution in [1.29, 1.82) is 0 Å². The van der Waals surface area contributed by atoms with Gasteiger partial charge in [0.25, 0.3) is 0 Å². The number of ether oxygens (including phenoxy) is 1. The molecule has 1 rings (SSSR count). The van der Waals surface area contributed by atoms with Crippen molar-refractivity contribution in [2.75, 3.05) is 19.8 Å². The summed E-state index contributed by atoms with van der Waals surface area (Å²) in [7, 11) is 0. The Hall–Kier alpha value is -0.620. The number of primary amides is 1. The molecule has 0 aromatic heterocycles. The average molecular weight is 322 g/mol. The molecule has 6 heteroatoms. The predicted molar refractivity (Wildman–Crippen MR) is 70.9 cm³/mol. The number of halogens is 2. The Morgan fingerprint density at radius 1 is 1.53 bits per heavy atom. The molecule has 0 saturated carbocycles. The molecule has 0 heterocycles. The van der Waals surface area contributed by atoms with Gasteiger partial charge in [-0.2, -0.15) is 0 Å². The number of hydrogen-bond donors (Lipinski definition) is 2. The smallest absolute Gasteiger partial charge is 0.243 e. The van der Waals surface area contributed by atoms with E-state index in [-0.39, 0.29) is 6.61 Å². The van der Waals surface area contributed by atoms with Gasteiger partial charge in [-0.1, -0.05) is 17.7 Å². The lowest BCUT2D eigenvalue weighted by Gasteiger charge is -2.06. The normalized spacial score (nSPS) is 10.5. The second-order valence-electron chi connectivity index (χ2n) is 3.44. The highest BCUT2D eigenvalue weighted by Crippen LogP contribution is 2.22. The van der Waals surface area contributed by atoms with Crippen LogP contribution in [0.3, 0.4) is 0 Å². The summed E-state index contributed by atoms with van der Waals surface area (Å²) in [6.45, 7) is 1.77. The number of hydrogen-bond acceptors (Lipinski definition) is 3. The highest BCUT2D eigenvalue weighted by molar-refractivity contribution is 9.10. The molecule has 0 saturated heterocycles. The molecule has 0 atom stereocenters. The SMILES string of the molecule is NC(=O)COCCNCc1ccc(Br)c(Cl)c1. The van der Waals surface area contributed by atoms with Crippen molar-refractivity contribution < 1.29 is 9.53 Å². The summed E-state index contributed by atoms with van der Waals surface area (Å²) in [5.74, 6) is -0.454. The van der Waals surface area contributed by atoms with Crippen LogP contribution in [-0.4, -0.2) is 25.7 Å². The quantitative estimate of drug-likeness (QED) is 0.751. The first kappa shape index (κ1) is 14.4. The molecular weight excluding hydrogens is 307 g/mol. The molecule has 0 radical (unpaired) electrons. The minimum Gasteiger partial charge on any atom is -0.370 e. The van der Waals surface area contributed by atoms with E-state index < -0.39 is 5.91 Å². The zero-order valence-corrected chi connectivity index (χ0v) is 11.6. The van der Waals surface area contributed by atoms with Gasteiger partial charge in [-0.05, 0) is 33.6 Å². The summed E-state index contributed by atoms with van der Waals surface area (Å²) in [5, 5.41) is 3.86. The minimum atomic E-state index is -0.454. The minimum absolute atomic E-state index is 0.0359. The van der Waals surface area contributed by atoms with Crippen LogP contribution in [0.15, 0.2) is 22.7 Å². The lowest BCUT2D eigenvalue weighted by molar-refractivity contribution is -0.122. The molecule has 0 fully saturated rings. The van der Waals surface area contributed by atoms with Crippen LogP contribution < -0.4 is 11.1 Å². The van der Waals surface area contributed by atoms with Crippen molar-refractivity contribution in [3.05, 3.63) is 33.3 Å². The molecule has 17 heavy (non-hydrogen) atoms. The Morgan fingerprint density at radius 3 is 2.94 bits per heavy atom. The van der Waals surface area contributed by atoms with Crippen molar-refractivity contribution in [2.45, 2.75) is 6.54 Å². The number of carbonyl (C=O) groups is 1. The topological polar surface area (TPSA) is 64.4 Å². The van der Waals surface area contributed by atoms with E-state index in [4.69, 9.17) is 22.1 Å². The van der Waals surface area contributed by atoms with Gasteiger partial charge >= 0.3 is 0 Å². The van der Waals surface area contributed by atoms with Crippen molar-refractivity contribution in [2.24, 2.45) is 5.73 Å². The Labute approximate surface area is 114 Å². The first-order valence-corrected chi connectivity index (χ1v) is 6.27. The third kappa shape index (κ3) is 6.02. The summed E-state index contributed by atoms with van der Waals surface area (Å²) < 4.78 is 5.89. The van der Waals surface area contributed by atoms with Gasteiger partial charge in [0, 0.05) is 17.6 Å². The van der Waals surface area contributed by atoms with Crippen LogP contribution in [0, 0.1) is 0 Å². The fourth-order valence-electron chi connectivity index (χ4n) is 1.20. The third-order valence-corrected chi connectivity index (χ3v) is 3.21. The molecule has 0 aliphatic carbocycles. The van der Waals surface area contributed by atoms with Crippen LogP contribution in [0.1, 0.15) is 5.56 Å². The largest absolute Gasteiger partial charge is 0.370 e. The molecule has 3 N–H and O–H groups in total. The van der Waals surface area contributed by atoms with Gasteiger partial charge in [0.15, 0.2) is 0 Å². The average Bonchev–Trinajstić information content (AvgIpc) is 2.27. The van der Waals surface area contributed by atoms with Crippen LogP contribution in [0.4, 0.5) is 0 Å². The van der Waals surface area contributed by atoms with Crippen LogP contribution >= 0.6 is 27.5 Å². The number of rotatable bonds is 7. The van der Waals surface area contributed by atoms with Crippen LogP contribution in [0.25, 0.3) is 0 Å². The van der Waals surface area contributed by atoms with Gasteiger partial charge in [-0.15, -0.1) is 0 Å². The predicted octanol–water partition coefficient (Wildman–Crippen LogP) is 1.69. The maximum absolute atomic E-state index is 10.4. The molecule has 1 amide bonds. The Morgan fingerprint density at radius 2 is 2.29 bits per heavy atom. The van der Waals surface area contributed by atoms with E-state index in [1.165, 1.54) is 0 Å². The number of nitrogens with two attached hydrogens (primary N) is 1. The monoisotopic (exact) mass is 320 g/mol. The fourth-order valence-corrected chi connectivity index (χ4v) is 1.65. The van der Waals surface area contributed by atoms with Gasteiger partial charge in [-0.25, -0.2) is 0 Å². The standard InChI is InChI=1S/C11H14BrClN2O2/c12-9-2-1-8(5-10(9)13)6-15-3-4-17-7-11(14)16/h1-2,5,15H,3-4,6-7H2,(H2,14,16). The summed E-state index contributed by atoms with van der Waals surface area (Å²) in [6, 6.07) is 5.78. The Kier molecular flexibility index (Phi) is 6.50. The lowest BCUT2D eigenvalue weighted by atomic mass is 10.2. The first-order chi connectivity index (χ1) is 8.09. The van der Waals surface area contributed by atoms with Gasteiger partial charge in [-0.3, -0.25) is 4.79 Å². The van der Waals surface area contributed by atoms with Crippen LogP contribution in [-0.2, 0) is 16.1 Å². The highest BCUT2D eigenvalue weighted by Gasteiger charge is 1.99. The number of nitrogens with one attached hydrogen (secondary N) is 1. The van der Waals surface area contributed by atoms with Crippen LogP contribution in [0.2, 0.25) is 5.02 Å². The van der Waals surface area contributed by atoms with E-state index in [0.717, 1.165) is 10.0 Å². The molecular formula is C11H14BrClN2O2. The van der Waals surface area contributed by atoms with Gasteiger partial charge in [0.05, 0.1) is 11.6 Å². The summed E-state index contributed by atoms with van der Waals surface area (Å²) in [4.78, 5) is 10.4.